The van der Waals surface area contributed by atoms with Crippen molar-refractivity contribution in [1.29, 1.82) is 0 Å². The zero-order valence-corrected chi connectivity index (χ0v) is 15.9. The van der Waals surface area contributed by atoms with Gasteiger partial charge >= 0.3 is 5.76 Å². The van der Waals surface area contributed by atoms with Crippen molar-refractivity contribution in [3.05, 3.63) is 59.1 Å². The molecule has 2 heterocycles. The summed E-state index contributed by atoms with van der Waals surface area (Å²) < 4.78 is 6.74. The Morgan fingerprint density at radius 3 is 2.50 bits per heavy atom. The molecule has 0 unspecified atom stereocenters. The zero-order chi connectivity index (χ0) is 19.3. The molecule has 6 nitrogen and oxygen atoms in total. The molecule has 146 valence electrons. The molecule has 28 heavy (non-hydrogen) atoms. The van der Waals surface area contributed by atoms with Crippen LogP contribution in [0.1, 0.15) is 32.1 Å². The Kier molecular flexibility index (Phi) is 5.46. The third-order valence-electron chi connectivity index (χ3n) is 5.26. The Morgan fingerprint density at radius 2 is 1.68 bits per heavy atom. The molecule has 6 heteroatoms. The number of aromatic nitrogens is 1. The summed E-state index contributed by atoms with van der Waals surface area (Å²) in [7, 11) is 0. The first-order valence-corrected chi connectivity index (χ1v) is 9.94. The second-order valence-electron chi connectivity index (χ2n) is 7.20. The van der Waals surface area contributed by atoms with E-state index in [1.54, 1.807) is 6.07 Å². The summed E-state index contributed by atoms with van der Waals surface area (Å²) in [4.78, 5) is 27.0. The zero-order valence-electron chi connectivity index (χ0n) is 15.9. The van der Waals surface area contributed by atoms with Gasteiger partial charge in [0, 0.05) is 26.1 Å². The van der Waals surface area contributed by atoms with Crippen LogP contribution in [0.15, 0.2) is 57.7 Å². The van der Waals surface area contributed by atoms with E-state index in [2.05, 4.69) is 16.3 Å². The molecular formula is C22H25N3O3. The molecule has 4 rings (SSSR count). The van der Waals surface area contributed by atoms with E-state index in [4.69, 9.17) is 4.42 Å². The molecule has 1 N–H and O–H groups in total. The average molecular weight is 379 g/mol. The maximum Gasteiger partial charge on any atom is 0.419 e. The molecule has 0 spiro atoms. The van der Waals surface area contributed by atoms with Crippen LogP contribution in [0.4, 0.5) is 11.4 Å². The first-order valence-electron chi connectivity index (χ1n) is 9.94. The summed E-state index contributed by atoms with van der Waals surface area (Å²) in [5.74, 6) is -0.543. The first kappa shape index (κ1) is 18.3. The standard InChI is InChI=1S/C22H25N3O3/c26-21(13-16-25-19-11-5-6-12-20(19)28-22(25)27)23-17-9-3-4-10-18(17)24-14-7-1-2-8-15-24/h3-6,9-12H,1-2,7-8,13-16H2,(H,23,26). The van der Waals surface area contributed by atoms with Crippen LogP contribution >= 0.6 is 0 Å². The highest BCUT2D eigenvalue weighted by molar-refractivity contribution is 5.94. The van der Waals surface area contributed by atoms with Gasteiger partial charge in [-0.2, -0.15) is 0 Å². The Labute approximate surface area is 163 Å². The van der Waals surface area contributed by atoms with E-state index in [0.717, 1.165) is 24.5 Å². The van der Waals surface area contributed by atoms with Crippen LogP contribution in [0.25, 0.3) is 11.1 Å². The molecule has 1 aromatic heterocycles. The number of hydrogen-bond acceptors (Lipinski definition) is 4. The maximum atomic E-state index is 12.6. The normalized spacial score (nSPS) is 14.8. The van der Waals surface area contributed by atoms with Crippen molar-refractivity contribution in [3.63, 3.8) is 0 Å². The SMILES string of the molecule is O=C(CCn1c(=O)oc2ccccc21)Nc1ccccc1N1CCCCCC1. The number of para-hydroxylation sites is 4. The molecule has 1 aliphatic heterocycles. The molecule has 0 saturated carbocycles. The minimum absolute atomic E-state index is 0.112. The number of amides is 1. The maximum absolute atomic E-state index is 12.6. The van der Waals surface area contributed by atoms with Crippen LogP contribution in [0.5, 0.6) is 0 Å². The lowest BCUT2D eigenvalue weighted by Gasteiger charge is -2.25. The molecule has 0 radical (unpaired) electrons. The number of nitrogens with zero attached hydrogens (tertiary/aromatic N) is 2. The van der Waals surface area contributed by atoms with Crippen LogP contribution in [0, 0.1) is 0 Å². The van der Waals surface area contributed by atoms with Gasteiger partial charge in [-0.05, 0) is 37.1 Å². The van der Waals surface area contributed by atoms with E-state index in [9.17, 15) is 9.59 Å². The van der Waals surface area contributed by atoms with Crippen LogP contribution in [0.3, 0.4) is 0 Å². The number of nitrogens with one attached hydrogen (secondary N) is 1. The van der Waals surface area contributed by atoms with Gasteiger partial charge in [0.05, 0.1) is 16.9 Å². The van der Waals surface area contributed by atoms with Gasteiger partial charge in [-0.25, -0.2) is 4.79 Å². The second kappa shape index (κ2) is 8.33. The number of benzene rings is 2. The molecular weight excluding hydrogens is 354 g/mol. The molecule has 0 aliphatic carbocycles. The van der Waals surface area contributed by atoms with E-state index in [-0.39, 0.29) is 18.9 Å². The fourth-order valence-electron chi connectivity index (χ4n) is 3.82. The van der Waals surface area contributed by atoms with Crippen LogP contribution in [0.2, 0.25) is 0 Å². The van der Waals surface area contributed by atoms with Gasteiger partial charge in [0.25, 0.3) is 0 Å². The second-order valence-corrected chi connectivity index (χ2v) is 7.20. The van der Waals surface area contributed by atoms with E-state index in [1.807, 2.05) is 36.4 Å². The average Bonchev–Trinajstić information content (AvgIpc) is 2.86. The number of carbonyl (C=O) groups is 1. The molecule has 1 aliphatic rings. The number of fused-ring (bicyclic) bond motifs is 1. The van der Waals surface area contributed by atoms with E-state index in [1.165, 1.54) is 30.3 Å². The van der Waals surface area contributed by atoms with Gasteiger partial charge in [-0.3, -0.25) is 9.36 Å². The summed E-state index contributed by atoms with van der Waals surface area (Å²) in [6.07, 6.45) is 5.09. The molecule has 2 aromatic carbocycles. The van der Waals surface area contributed by atoms with Crippen molar-refractivity contribution < 1.29 is 9.21 Å². The molecule has 1 amide bonds. The highest BCUT2D eigenvalue weighted by Gasteiger charge is 2.15. The summed E-state index contributed by atoms with van der Waals surface area (Å²) >= 11 is 0. The summed E-state index contributed by atoms with van der Waals surface area (Å²) in [5, 5.41) is 3.03. The van der Waals surface area contributed by atoms with Gasteiger partial charge in [0.15, 0.2) is 5.58 Å². The van der Waals surface area contributed by atoms with Gasteiger partial charge in [-0.15, -0.1) is 0 Å². The molecule has 0 atom stereocenters. The van der Waals surface area contributed by atoms with Crippen LogP contribution in [-0.4, -0.2) is 23.6 Å². The summed E-state index contributed by atoms with van der Waals surface area (Å²) in [5.41, 5.74) is 3.16. The largest absolute Gasteiger partial charge is 0.419 e. The third kappa shape index (κ3) is 3.96. The van der Waals surface area contributed by atoms with Crippen molar-refractivity contribution in [1.82, 2.24) is 4.57 Å². The highest BCUT2D eigenvalue weighted by atomic mass is 16.4. The first-order chi connectivity index (χ1) is 13.7. The van der Waals surface area contributed by atoms with Crippen molar-refractivity contribution in [3.8, 4) is 0 Å². The molecule has 3 aromatic rings. The Bertz CT molecular complexity index is 1010. The number of aryl methyl sites for hydroxylation is 1. The van der Waals surface area contributed by atoms with Crippen molar-refractivity contribution in [2.45, 2.75) is 38.6 Å². The quantitative estimate of drug-likeness (QED) is 0.727. The number of carbonyl (C=O) groups excluding carboxylic acids is 1. The number of rotatable bonds is 5. The van der Waals surface area contributed by atoms with E-state index in [0.29, 0.717) is 11.1 Å². The molecule has 1 fully saturated rings. The van der Waals surface area contributed by atoms with E-state index >= 15 is 0 Å². The number of oxazole rings is 1. The Hall–Kier alpha value is -3.02. The molecule has 1 saturated heterocycles. The van der Waals surface area contributed by atoms with E-state index < -0.39 is 5.76 Å². The summed E-state index contributed by atoms with van der Waals surface area (Å²) in [6, 6.07) is 15.2. The minimum Gasteiger partial charge on any atom is -0.408 e. The van der Waals surface area contributed by atoms with Gasteiger partial charge in [0.1, 0.15) is 0 Å². The predicted molar refractivity (Wildman–Crippen MR) is 111 cm³/mol. The lowest BCUT2D eigenvalue weighted by molar-refractivity contribution is -0.116. The lowest BCUT2D eigenvalue weighted by Crippen LogP contribution is -2.26. The molecule has 0 bridgehead atoms. The third-order valence-corrected chi connectivity index (χ3v) is 5.26. The highest BCUT2D eigenvalue weighted by Crippen LogP contribution is 2.28. The topological polar surface area (TPSA) is 67.5 Å². The van der Waals surface area contributed by atoms with Gasteiger partial charge in [-0.1, -0.05) is 37.1 Å². The van der Waals surface area contributed by atoms with Crippen molar-refractivity contribution in [2.75, 3.05) is 23.3 Å². The van der Waals surface area contributed by atoms with Crippen LogP contribution in [-0.2, 0) is 11.3 Å². The van der Waals surface area contributed by atoms with Gasteiger partial charge in [0.2, 0.25) is 5.91 Å². The van der Waals surface area contributed by atoms with Crippen LogP contribution < -0.4 is 16.0 Å². The summed E-state index contributed by atoms with van der Waals surface area (Å²) in [6.45, 7) is 2.32. The number of anilines is 2. The monoisotopic (exact) mass is 379 g/mol. The fourth-order valence-corrected chi connectivity index (χ4v) is 3.82. The lowest BCUT2D eigenvalue weighted by atomic mass is 10.2. The van der Waals surface area contributed by atoms with Crippen molar-refractivity contribution in [2.24, 2.45) is 0 Å². The Morgan fingerprint density at radius 1 is 0.964 bits per heavy atom. The fraction of sp³-hybridized carbons (Fsp3) is 0.364. The Balaban J connectivity index is 1.45. The predicted octanol–water partition coefficient (Wildman–Crippen LogP) is 4.00. The smallest absolute Gasteiger partial charge is 0.408 e. The number of hydrogen-bond donors (Lipinski definition) is 1. The minimum atomic E-state index is -0.432. The van der Waals surface area contributed by atoms with Gasteiger partial charge < -0.3 is 14.6 Å². The van der Waals surface area contributed by atoms with Crippen molar-refractivity contribution >= 4 is 28.4 Å².